The summed E-state index contributed by atoms with van der Waals surface area (Å²) in [4.78, 5) is 0. The summed E-state index contributed by atoms with van der Waals surface area (Å²) in [7, 11) is 0. The van der Waals surface area contributed by atoms with Gasteiger partial charge in [-0.3, -0.25) is 0 Å². The van der Waals surface area contributed by atoms with Crippen LogP contribution in [-0.2, 0) is 11.0 Å². The lowest BCUT2D eigenvalue weighted by atomic mass is 9.85. The van der Waals surface area contributed by atoms with E-state index in [2.05, 4.69) is 32.9 Å². The van der Waals surface area contributed by atoms with Crippen LogP contribution in [0.5, 0.6) is 0 Å². The van der Waals surface area contributed by atoms with Crippen LogP contribution >= 0.6 is 0 Å². The second-order valence-electron chi connectivity index (χ2n) is 5.75. The third kappa shape index (κ3) is 2.00. The zero-order valence-corrected chi connectivity index (χ0v) is 9.80. The van der Waals surface area contributed by atoms with Crippen molar-refractivity contribution in [3.8, 4) is 0 Å². The summed E-state index contributed by atoms with van der Waals surface area (Å²) >= 11 is 0. The molecule has 1 aliphatic rings. The Morgan fingerprint density at radius 1 is 1.13 bits per heavy atom. The van der Waals surface area contributed by atoms with Crippen molar-refractivity contribution in [3.05, 3.63) is 29.3 Å². The van der Waals surface area contributed by atoms with Crippen molar-refractivity contribution in [2.45, 2.75) is 44.6 Å². The zero-order valence-electron chi connectivity index (χ0n) is 9.80. The van der Waals surface area contributed by atoms with Crippen LogP contribution in [0.25, 0.3) is 0 Å². The summed E-state index contributed by atoms with van der Waals surface area (Å²) in [5, 5.41) is 0. The van der Waals surface area contributed by atoms with E-state index in [-0.39, 0.29) is 11.0 Å². The van der Waals surface area contributed by atoms with Gasteiger partial charge in [0.25, 0.3) is 0 Å². The first kappa shape index (κ1) is 10.5. The minimum atomic E-state index is -0.0879. The van der Waals surface area contributed by atoms with Crippen LogP contribution in [0.4, 0.5) is 5.69 Å². The predicted molar refractivity (Wildman–Crippen MR) is 64.7 cm³/mol. The van der Waals surface area contributed by atoms with E-state index < -0.39 is 0 Å². The van der Waals surface area contributed by atoms with E-state index >= 15 is 0 Å². The molecular weight excluding hydrogens is 184 g/mol. The maximum Gasteiger partial charge on any atom is 0.0412 e. The smallest absolute Gasteiger partial charge is 0.0412 e. The summed E-state index contributed by atoms with van der Waals surface area (Å²) in [6, 6.07) is 6.28. The highest BCUT2D eigenvalue weighted by Crippen LogP contribution is 2.44. The van der Waals surface area contributed by atoms with Gasteiger partial charge in [-0.25, -0.2) is 0 Å². The topological polar surface area (TPSA) is 52.0 Å². The Morgan fingerprint density at radius 2 is 1.73 bits per heavy atom. The highest BCUT2D eigenvalue weighted by molar-refractivity contribution is 5.49. The van der Waals surface area contributed by atoms with E-state index in [1.54, 1.807) is 0 Å². The molecule has 0 heterocycles. The molecule has 0 radical (unpaired) electrons. The maximum absolute atomic E-state index is 6.19. The Hall–Kier alpha value is -1.02. The van der Waals surface area contributed by atoms with Gasteiger partial charge in [-0.15, -0.1) is 0 Å². The van der Waals surface area contributed by atoms with Crippen LogP contribution < -0.4 is 11.5 Å². The molecule has 1 aromatic rings. The molecule has 0 spiro atoms. The SMILES string of the molecule is CC(C)(C)c1cc(N)cc(C2(N)CC2)c1. The third-order valence-corrected chi connectivity index (χ3v) is 3.18. The molecule has 0 amide bonds. The van der Waals surface area contributed by atoms with Gasteiger partial charge in [0, 0.05) is 11.2 Å². The van der Waals surface area contributed by atoms with Gasteiger partial charge in [0.2, 0.25) is 0 Å². The molecule has 0 bridgehead atoms. The van der Waals surface area contributed by atoms with Crippen molar-refractivity contribution < 1.29 is 0 Å². The fourth-order valence-corrected chi connectivity index (χ4v) is 1.80. The van der Waals surface area contributed by atoms with Crippen LogP contribution in [0.2, 0.25) is 0 Å². The highest BCUT2D eigenvalue weighted by Gasteiger charge is 2.40. The van der Waals surface area contributed by atoms with Gasteiger partial charge < -0.3 is 11.5 Å². The van der Waals surface area contributed by atoms with Gasteiger partial charge in [-0.2, -0.15) is 0 Å². The summed E-state index contributed by atoms with van der Waals surface area (Å²) in [5.41, 5.74) is 15.5. The van der Waals surface area contributed by atoms with Crippen molar-refractivity contribution in [3.63, 3.8) is 0 Å². The molecule has 2 heteroatoms. The lowest BCUT2D eigenvalue weighted by molar-refractivity contribution is 0.587. The van der Waals surface area contributed by atoms with E-state index in [0.717, 1.165) is 18.5 Å². The van der Waals surface area contributed by atoms with E-state index in [9.17, 15) is 0 Å². The second kappa shape index (κ2) is 2.99. The minimum Gasteiger partial charge on any atom is -0.399 e. The molecule has 2 nitrogen and oxygen atoms in total. The lowest BCUT2D eigenvalue weighted by Gasteiger charge is -2.22. The first-order valence-electron chi connectivity index (χ1n) is 5.52. The standard InChI is InChI=1S/C13H20N2/c1-12(2,3)9-6-10(8-11(14)7-9)13(15)4-5-13/h6-8H,4-5,14-15H2,1-3H3. The van der Waals surface area contributed by atoms with Crippen molar-refractivity contribution in [2.24, 2.45) is 5.73 Å². The fraction of sp³-hybridized carbons (Fsp3) is 0.538. The van der Waals surface area contributed by atoms with Gasteiger partial charge in [0.15, 0.2) is 0 Å². The molecular formula is C13H20N2. The Labute approximate surface area is 91.7 Å². The quantitative estimate of drug-likeness (QED) is 0.691. The lowest BCUT2D eigenvalue weighted by Crippen LogP contribution is -2.21. The molecule has 1 aromatic carbocycles. The van der Waals surface area contributed by atoms with Crippen LogP contribution in [-0.4, -0.2) is 0 Å². The number of benzene rings is 1. The molecule has 0 aliphatic heterocycles. The highest BCUT2D eigenvalue weighted by atomic mass is 14.8. The van der Waals surface area contributed by atoms with Crippen molar-refractivity contribution in [1.82, 2.24) is 0 Å². The van der Waals surface area contributed by atoms with E-state index in [0.29, 0.717) is 0 Å². The molecule has 1 aliphatic carbocycles. The molecule has 4 N–H and O–H groups in total. The van der Waals surface area contributed by atoms with E-state index in [1.807, 2.05) is 6.07 Å². The monoisotopic (exact) mass is 204 g/mol. The number of hydrogen-bond donors (Lipinski definition) is 2. The average Bonchev–Trinajstić information content (AvgIpc) is 2.82. The zero-order chi connectivity index (χ0) is 11.3. The average molecular weight is 204 g/mol. The number of rotatable bonds is 1. The molecule has 82 valence electrons. The predicted octanol–water partition coefficient (Wildman–Crippen LogP) is 2.51. The Bertz CT molecular complexity index is 361. The van der Waals surface area contributed by atoms with Gasteiger partial charge in [-0.1, -0.05) is 26.8 Å². The number of anilines is 1. The summed E-state index contributed by atoms with van der Waals surface area (Å²) in [6.07, 6.45) is 2.17. The van der Waals surface area contributed by atoms with Gasteiger partial charge >= 0.3 is 0 Å². The molecule has 0 saturated heterocycles. The molecule has 2 rings (SSSR count). The van der Waals surface area contributed by atoms with Crippen LogP contribution in [0.15, 0.2) is 18.2 Å². The van der Waals surface area contributed by atoms with Crippen molar-refractivity contribution in [1.29, 1.82) is 0 Å². The normalized spacial score (nSPS) is 18.9. The van der Waals surface area contributed by atoms with Gasteiger partial charge in [-0.05, 0) is 41.5 Å². The molecule has 0 unspecified atom stereocenters. The molecule has 1 fully saturated rings. The summed E-state index contributed by atoms with van der Waals surface area (Å²) in [6.45, 7) is 6.59. The molecule has 0 atom stereocenters. The van der Waals surface area contributed by atoms with Crippen LogP contribution in [0.1, 0.15) is 44.7 Å². The Morgan fingerprint density at radius 3 is 2.20 bits per heavy atom. The first-order chi connectivity index (χ1) is 6.81. The molecule has 15 heavy (non-hydrogen) atoms. The van der Waals surface area contributed by atoms with Gasteiger partial charge in [0.1, 0.15) is 0 Å². The Balaban J connectivity index is 2.46. The first-order valence-corrected chi connectivity index (χ1v) is 5.52. The van der Waals surface area contributed by atoms with Gasteiger partial charge in [0.05, 0.1) is 0 Å². The number of nitrogen functional groups attached to an aromatic ring is 1. The maximum atomic E-state index is 6.19. The van der Waals surface area contributed by atoms with E-state index in [4.69, 9.17) is 11.5 Å². The third-order valence-electron chi connectivity index (χ3n) is 3.18. The number of nitrogens with two attached hydrogens (primary N) is 2. The summed E-state index contributed by atoms with van der Waals surface area (Å²) in [5.74, 6) is 0. The van der Waals surface area contributed by atoms with Crippen molar-refractivity contribution >= 4 is 5.69 Å². The summed E-state index contributed by atoms with van der Waals surface area (Å²) < 4.78 is 0. The molecule has 0 aromatic heterocycles. The van der Waals surface area contributed by atoms with E-state index in [1.165, 1.54) is 11.1 Å². The van der Waals surface area contributed by atoms with Crippen molar-refractivity contribution in [2.75, 3.05) is 5.73 Å². The van der Waals surface area contributed by atoms with Crippen LogP contribution in [0.3, 0.4) is 0 Å². The second-order valence-corrected chi connectivity index (χ2v) is 5.75. The molecule has 1 saturated carbocycles. The fourth-order valence-electron chi connectivity index (χ4n) is 1.80. The number of hydrogen-bond acceptors (Lipinski definition) is 2. The largest absolute Gasteiger partial charge is 0.399 e. The Kier molecular flexibility index (Phi) is 2.09. The minimum absolute atomic E-state index is 0.0879. The van der Waals surface area contributed by atoms with Crippen LogP contribution in [0, 0.1) is 0 Å².